The Morgan fingerprint density at radius 3 is 3.00 bits per heavy atom. The maximum absolute atomic E-state index is 11.2. The zero-order chi connectivity index (χ0) is 10.1. The van der Waals surface area contributed by atoms with Gasteiger partial charge in [-0.2, -0.15) is 0 Å². The van der Waals surface area contributed by atoms with Gasteiger partial charge in [0.2, 0.25) is 5.91 Å². The van der Waals surface area contributed by atoms with Crippen molar-refractivity contribution in [3.05, 3.63) is 21.9 Å². The maximum Gasteiger partial charge on any atom is 0.220 e. The summed E-state index contributed by atoms with van der Waals surface area (Å²) < 4.78 is 0. The number of hydrogen-bond acceptors (Lipinski definition) is 3. The van der Waals surface area contributed by atoms with E-state index in [1.165, 1.54) is 9.75 Å². The van der Waals surface area contributed by atoms with Crippen molar-refractivity contribution in [2.45, 2.75) is 31.8 Å². The smallest absolute Gasteiger partial charge is 0.220 e. The van der Waals surface area contributed by atoms with E-state index >= 15 is 0 Å². The third-order valence-corrected chi connectivity index (χ3v) is 3.60. The van der Waals surface area contributed by atoms with Crippen molar-refractivity contribution in [1.29, 1.82) is 0 Å². The minimum Gasteiger partial charge on any atom is -0.347 e. The molecule has 3 nitrogen and oxygen atoms in total. The van der Waals surface area contributed by atoms with Gasteiger partial charge in [0.25, 0.3) is 0 Å². The molecule has 2 heterocycles. The molecule has 3 N–H and O–H groups in total. The van der Waals surface area contributed by atoms with E-state index in [0.717, 1.165) is 6.42 Å². The van der Waals surface area contributed by atoms with Gasteiger partial charge in [0.15, 0.2) is 0 Å². The summed E-state index contributed by atoms with van der Waals surface area (Å²) in [6.07, 6.45) is 1.34. The predicted molar refractivity (Wildman–Crippen MR) is 57.1 cm³/mol. The highest BCUT2D eigenvalue weighted by atomic mass is 32.1. The van der Waals surface area contributed by atoms with E-state index in [0.29, 0.717) is 6.42 Å². The molecule has 1 aliphatic heterocycles. The second-order valence-electron chi connectivity index (χ2n) is 3.70. The van der Waals surface area contributed by atoms with Crippen molar-refractivity contribution in [2.75, 3.05) is 0 Å². The minimum absolute atomic E-state index is 0.0231. The number of amides is 1. The molecule has 0 radical (unpaired) electrons. The van der Waals surface area contributed by atoms with E-state index in [4.69, 9.17) is 5.73 Å². The number of carbonyl (C=O) groups is 1. The van der Waals surface area contributed by atoms with Gasteiger partial charge < -0.3 is 11.1 Å². The number of thiophene rings is 1. The number of piperidine rings is 1. The molecular formula is C10H14N2OS. The molecule has 1 fully saturated rings. The molecule has 0 spiro atoms. The van der Waals surface area contributed by atoms with E-state index in [1.807, 2.05) is 0 Å². The molecule has 2 unspecified atom stereocenters. The molecule has 0 aromatic carbocycles. The molecule has 0 aliphatic carbocycles. The molecule has 2 atom stereocenters. The van der Waals surface area contributed by atoms with Crippen LogP contribution >= 0.6 is 11.3 Å². The van der Waals surface area contributed by atoms with E-state index in [2.05, 4.69) is 24.4 Å². The van der Waals surface area contributed by atoms with E-state index in [9.17, 15) is 4.79 Å². The van der Waals surface area contributed by atoms with Gasteiger partial charge in [-0.3, -0.25) is 4.79 Å². The van der Waals surface area contributed by atoms with Gasteiger partial charge in [-0.15, -0.1) is 11.3 Å². The van der Waals surface area contributed by atoms with Crippen LogP contribution in [0, 0.1) is 6.92 Å². The van der Waals surface area contributed by atoms with Crippen LogP contribution in [-0.2, 0) is 4.79 Å². The summed E-state index contributed by atoms with van der Waals surface area (Å²) in [5.74, 6) is 0.114. The van der Waals surface area contributed by atoms with E-state index in [-0.39, 0.29) is 18.0 Å². The maximum atomic E-state index is 11.2. The summed E-state index contributed by atoms with van der Waals surface area (Å²) >= 11 is 1.71. The first-order chi connectivity index (χ1) is 6.66. The van der Waals surface area contributed by atoms with Crippen LogP contribution in [0.2, 0.25) is 0 Å². The highest BCUT2D eigenvalue weighted by Crippen LogP contribution is 2.28. The highest BCUT2D eigenvalue weighted by molar-refractivity contribution is 7.12. The van der Waals surface area contributed by atoms with Crippen molar-refractivity contribution in [2.24, 2.45) is 5.73 Å². The van der Waals surface area contributed by atoms with E-state index < -0.39 is 0 Å². The molecule has 4 heteroatoms. The number of nitrogens with two attached hydrogens (primary N) is 1. The third-order valence-electron chi connectivity index (χ3n) is 2.52. The molecule has 1 saturated heterocycles. The first kappa shape index (κ1) is 9.68. The van der Waals surface area contributed by atoms with Crippen LogP contribution in [0.4, 0.5) is 0 Å². The van der Waals surface area contributed by atoms with Crippen molar-refractivity contribution in [3.8, 4) is 0 Å². The topological polar surface area (TPSA) is 55.1 Å². The van der Waals surface area contributed by atoms with Gasteiger partial charge in [-0.1, -0.05) is 0 Å². The van der Waals surface area contributed by atoms with Gasteiger partial charge in [0.1, 0.15) is 0 Å². The lowest BCUT2D eigenvalue weighted by atomic mass is 9.98. The Balaban J connectivity index is 2.19. The lowest BCUT2D eigenvalue weighted by Gasteiger charge is -2.28. The number of aryl methyl sites for hydroxylation is 1. The number of rotatable bonds is 1. The molecule has 1 aromatic heterocycles. The quantitative estimate of drug-likeness (QED) is 0.735. The zero-order valence-electron chi connectivity index (χ0n) is 8.12. The molecule has 0 bridgehead atoms. The van der Waals surface area contributed by atoms with Crippen LogP contribution in [0.25, 0.3) is 0 Å². The van der Waals surface area contributed by atoms with Crippen LogP contribution in [0.1, 0.15) is 28.6 Å². The van der Waals surface area contributed by atoms with Gasteiger partial charge in [-0.25, -0.2) is 0 Å². The fourth-order valence-corrected chi connectivity index (χ4v) is 2.72. The Bertz CT molecular complexity index is 348. The van der Waals surface area contributed by atoms with Crippen LogP contribution in [0.3, 0.4) is 0 Å². The van der Waals surface area contributed by atoms with Gasteiger partial charge in [0.05, 0.1) is 6.04 Å². The summed E-state index contributed by atoms with van der Waals surface area (Å²) in [5, 5.41) is 2.94. The van der Waals surface area contributed by atoms with Crippen LogP contribution in [-0.4, -0.2) is 11.9 Å². The summed E-state index contributed by atoms with van der Waals surface area (Å²) in [6, 6.07) is 4.20. The second kappa shape index (κ2) is 3.71. The largest absolute Gasteiger partial charge is 0.347 e. The van der Waals surface area contributed by atoms with Gasteiger partial charge in [-0.05, 0) is 25.5 Å². The second-order valence-corrected chi connectivity index (χ2v) is 5.02. The monoisotopic (exact) mass is 210 g/mol. The summed E-state index contributed by atoms with van der Waals surface area (Å²) in [5.41, 5.74) is 5.97. The Hall–Kier alpha value is -0.870. The lowest BCUT2D eigenvalue weighted by Crippen LogP contribution is -2.45. The molecule has 1 amide bonds. The minimum atomic E-state index is 0.0231. The average Bonchev–Trinajstić information content (AvgIpc) is 2.56. The number of nitrogens with one attached hydrogen (secondary N) is 1. The highest BCUT2D eigenvalue weighted by Gasteiger charge is 2.27. The van der Waals surface area contributed by atoms with Crippen molar-refractivity contribution >= 4 is 17.2 Å². The fourth-order valence-electron chi connectivity index (χ4n) is 1.72. The van der Waals surface area contributed by atoms with E-state index in [1.54, 1.807) is 11.3 Å². The third kappa shape index (κ3) is 1.81. The molecule has 1 aromatic rings. The Morgan fingerprint density at radius 2 is 2.36 bits per heavy atom. The van der Waals surface area contributed by atoms with Crippen molar-refractivity contribution < 1.29 is 4.79 Å². The first-order valence-corrected chi connectivity index (χ1v) is 5.60. The summed E-state index contributed by atoms with van der Waals surface area (Å²) in [6.45, 7) is 2.06. The van der Waals surface area contributed by atoms with Gasteiger partial charge in [0, 0.05) is 22.2 Å². The standard InChI is InChI=1S/C10H14N2OS/c1-6-2-4-8(14-6)10-7(11)3-5-9(13)12-10/h2,4,7,10H,3,5,11H2,1H3,(H,12,13). The molecule has 2 rings (SSSR count). The Labute approximate surface area is 87.3 Å². The first-order valence-electron chi connectivity index (χ1n) is 4.78. The Morgan fingerprint density at radius 1 is 1.57 bits per heavy atom. The predicted octanol–water partition coefficient (Wildman–Crippen LogP) is 1.33. The van der Waals surface area contributed by atoms with Crippen molar-refractivity contribution in [3.63, 3.8) is 0 Å². The molecule has 0 saturated carbocycles. The van der Waals surface area contributed by atoms with Crippen LogP contribution < -0.4 is 11.1 Å². The zero-order valence-corrected chi connectivity index (χ0v) is 8.93. The molecule has 1 aliphatic rings. The molecular weight excluding hydrogens is 196 g/mol. The van der Waals surface area contributed by atoms with Crippen LogP contribution in [0.15, 0.2) is 12.1 Å². The SMILES string of the molecule is Cc1ccc(C2NC(=O)CCC2N)s1. The fraction of sp³-hybridized carbons (Fsp3) is 0.500. The average molecular weight is 210 g/mol. The number of hydrogen-bond donors (Lipinski definition) is 2. The lowest BCUT2D eigenvalue weighted by molar-refractivity contribution is -0.123. The summed E-state index contributed by atoms with van der Waals surface area (Å²) in [4.78, 5) is 13.7. The van der Waals surface area contributed by atoms with Crippen LogP contribution in [0.5, 0.6) is 0 Å². The van der Waals surface area contributed by atoms with Crippen molar-refractivity contribution in [1.82, 2.24) is 5.32 Å². The normalized spacial score (nSPS) is 27.4. The van der Waals surface area contributed by atoms with Gasteiger partial charge >= 0.3 is 0 Å². The Kier molecular flexibility index (Phi) is 2.56. The molecule has 14 heavy (non-hydrogen) atoms. The molecule has 76 valence electrons. The number of carbonyl (C=O) groups excluding carboxylic acids is 1. The summed E-state index contributed by atoms with van der Waals surface area (Å²) in [7, 11) is 0.